The van der Waals surface area contributed by atoms with Crippen molar-refractivity contribution in [1.29, 1.82) is 0 Å². The molecule has 0 fully saturated rings. The van der Waals surface area contributed by atoms with Gasteiger partial charge in [-0.15, -0.1) is 0 Å². The molecule has 1 atom stereocenters. The van der Waals surface area contributed by atoms with Crippen LogP contribution in [0.25, 0.3) is 0 Å². The van der Waals surface area contributed by atoms with Gasteiger partial charge in [-0.25, -0.2) is 0 Å². The van der Waals surface area contributed by atoms with Crippen LogP contribution >= 0.6 is 0 Å². The Morgan fingerprint density at radius 3 is 2.93 bits per heavy atom. The number of nitrogens with zero attached hydrogens (tertiary/aromatic N) is 1. The van der Waals surface area contributed by atoms with E-state index in [-0.39, 0.29) is 6.61 Å². The summed E-state index contributed by atoms with van der Waals surface area (Å²) in [5.41, 5.74) is 1.94. The molecule has 0 aromatic carbocycles. The van der Waals surface area contributed by atoms with E-state index in [0.29, 0.717) is 5.92 Å². The highest BCUT2D eigenvalue weighted by atomic mass is 16.5. The molecular weight excluding hydrogens is 190 g/mol. The summed E-state index contributed by atoms with van der Waals surface area (Å²) in [4.78, 5) is 4.18. The zero-order valence-corrected chi connectivity index (χ0v) is 9.44. The minimum atomic E-state index is 0.0135. The molecule has 0 aliphatic rings. The number of aliphatic hydroxyl groups is 1. The first-order valence-corrected chi connectivity index (χ1v) is 5.37. The van der Waals surface area contributed by atoms with Crippen LogP contribution in [-0.4, -0.2) is 23.8 Å². The number of methoxy groups -OCH3 is 1. The quantitative estimate of drug-likeness (QED) is 0.780. The summed E-state index contributed by atoms with van der Waals surface area (Å²) >= 11 is 0. The summed E-state index contributed by atoms with van der Waals surface area (Å²) < 4.78 is 5.09. The highest BCUT2D eigenvalue weighted by molar-refractivity contribution is 5.23. The summed E-state index contributed by atoms with van der Waals surface area (Å²) in [5.74, 6) is 0.431. The fourth-order valence-electron chi connectivity index (χ4n) is 1.79. The minimum absolute atomic E-state index is 0.0135. The third-order valence-corrected chi connectivity index (χ3v) is 2.68. The smallest absolute Gasteiger partial charge is 0.0855 e. The molecule has 84 valence electrons. The highest BCUT2D eigenvalue weighted by Crippen LogP contribution is 2.25. The first kappa shape index (κ1) is 12.1. The maximum atomic E-state index is 9.19. The summed E-state index contributed by atoms with van der Waals surface area (Å²) in [5, 5.41) is 9.19. The van der Waals surface area contributed by atoms with Gasteiger partial charge in [0.2, 0.25) is 0 Å². The van der Waals surface area contributed by atoms with Gasteiger partial charge in [-0.05, 0) is 30.4 Å². The van der Waals surface area contributed by atoms with E-state index in [2.05, 4.69) is 11.9 Å². The van der Waals surface area contributed by atoms with Crippen molar-refractivity contribution in [2.45, 2.75) is 32.3 Å². The summed E-state index contributed by atoms with van der Waals surface area (Å²) in [6, 6.07) is 3.96. The molecule has 3 heteroatoms. The van der Waals surface area contributed by atoms with Crippen molar-refractivity contribution in [3.05, 3.63) is 29.6 Å². The molecule has 3 nitrogen and oxygen atoms in total. The van der Waals surface area contributed by atoms with Crippen LogP contribution in [0.5, 0.6) is 0 Å². The molecule has 1 aromatic rings. The van der Waals surface area contributed by atoms with Gasteiger partial charge in [0.1, 0.15) is 0 Å². The lowest BCUT2D eigenvalue weighted by Crippen LogP contribution is -2.06. The molecule has 1 aromatic heterocycles. The van der Waals surface area contributed by atoms with E-state index in [1.807, 2.05) is 12.1 Å². The zero-order valence-electron chi connectivity index (χ0n) is 9.44. The molecule has 15 heavy (non-hydrogen) atoms. The predicted molar refractivity (Wildman–Crippen MR) is 59.7 cm³/mol. The Kier molecular flexibility index (Phi) is 5.29. The van der Waals surface area contributed by atoms with E-state index in [9.17, 15) is 5.11 Å². The lowest BCUT2D eigenvalue weighted by Gasteiger charge is -2.17. The van der Waals surface area contributed by atoms with Gasteiger partial charge in [-0.1, -0.05) is 13.0 Å². The van der Waals surface area contributed by atoms with E-state index >= 15 is 0 Å². The summed E-state index contributed by atoms with van der Waals surface area (Å²) in [6.45, 7) is 2.91. The van der Waals surface area contributed by atoms with Gasteiger partial charge in [0.15, 0.2) is 0 Å². The fourth-order valence-corrected chi connectivity index (χ4v) is 1.79. The number of aliphatic hydroxyl groups excluding tert-OH is 1. The molecule has 0 bridgehead atoms. The fraction of sp³-hybridized carbons (Fsp3) is 0.583. The molecule has 1 rings (SSSR count). The number of hydrogen-bond donors (Lipinski definition) is 1. The average Bonchev–Trinajstić information content (AvgIpc) is 2.30. The normalized spacial score (nSPS) is 12.7. The summed E-state index contributed by atoms with van der Waals surface area (Å²) in [7, 11) is 1.71. The largest absolute Gasteiger partial charge is 0.390 e. The van der Waals surface area contributed by atoms with Gasteiger partial charge in [-0.2, -0.15) is 0 Å². The van der Waals surface area contributed by atoms with Gasteiger partial charge < -0.3 is 9.84 Å². The monoisotopic (exact) mass is 209 g/mol. The molecule has 1 heterocycles. The number of pyridine rings is 1. The van der Waals surface area contributed by atoms with E-state index in [1.54, 1.807) is 13.3 Å². The second-order valence-electron chi connectivity index (χ2n) is 3.58. The molecule has 0 amide bonds. The average molecular weight is 209 g/mol. The Labute approximate surface area is 91.1 Å². The van der Waals surface area contributed by atoms with Gasteiger partial charge in [0, 0.05) is 19.9 Å². The van der Waals surface area contributed by atoms with Crippen molar-refractivity contribution in [1.82, 2.24) is 4.98 Å². The molecule has 1 unspecified atom stereocenters. The zero-order chi connectivity index (χ0) is 11.1. The van der Waals surface area contributed by atoms with E-state index < -0.39 is 0 Å². The maximum Gasteiger partial charge on any atom is 0.0855 e. The van der Waals surface area contributed by atoms with Gasteiger partial charge >= 0.3 is 0 Å². The number of aromatic nitrogens is 1. The predicted octanol–water partition coefficient (Wildman–Crippen LogP) is 2.10. The second kappa shape index (κ2) is 6.53. The minimum Gasteiger partial charge on any atom is -0.390 e. The molecule has 0 aliphatic carbocycles. The Hall–Kier alpha value is -0.930. The van der Waals surface area contributed by atoms with E-state index in [1.165, 1.54) is 0 Å². The number of hydrogen-bond acceptors (Lipinski definition) is 3. The van der Waals surface area contributed by atoms with Crippen LogP contribution in [0.3, 0.4) is 0 Å². The molecule has 0 aliphatic heterocycles. The second-order valence-corrected chi connectivity index (χ2v) is 3.58. The van der Waals surface area contributed by atoms with Crippen LogP contribution in [0.2, 0.25) is 0 Å². The SMILES string of the molecule is CCC(CCOC)c1cccnc1CO. The molecule has 1 N–H and O–H groups in total. The first-order valence-electron chi connectivity index (χ1n) is 5.37. The first-order chi connectivity index (χ1) is 7.33. The van der Waals surface area contributed by atoms with Crippen LogP contribution in [0.1, 0.15) is 36.9 Å². The van der Waals surface area contributed by atoms with Crippen LogP contribution < -0.4 is 0 Å². The van der Waals surface area contributed by atoms with Crippen molar-refractivity contribution in [3.63, 3.8) is 0 Å². The van der Waals surface area contributed by atoms with Crippen molar-refractivity contribution in [2.24, 2.45) is 0 Å². The third kappa shape index (κ3) is 3.29. The molecule has 0 radical (unpaired) electrons. The maximum absolute atomic E-state index is 9.19. The van der Waals surface area contributed by atoms with Crippen molar-refractivity contribution >= 4 is 0 Å². The molecular formula is C12H19NO2. The van der Waals surface area contributed by atoms with Crippen LogP contribution in [0.15, 0.2) is 18.3 Å². The molecule has 0 saturated carbocycles. The van der Waals surface area contributed by atoms with Crippen molar-refractivity contribution < 1.29 is 9.84 Å². The molecule has 0 saturated heterocycles. The Morgan fingerprint density at radius 2 is 2.33 bits per heavy atom. The lowest BCUT2D eigenvalue weighted by molar-refractivity contribution is 0.186. The highest BCUT2D eigenvalue weighted by Gasteiger charge is 2.13. The Morgan fingerprint density at radius 1 is 1.53 bits per heavy atom. The topological polar surface area (TPSA) is 42.4 Å². The number of rotatable bonds is 6. The van der Waals surface area contributed by atoms with Crippen LogP contribution in [-0.2, 0) is 11.3 Å². The van der Waals surface area contributed by atoms with Crippen molar-refractivity contribution in [3.8, 4) is 0 Å². The van der Waals surface area contributed by atoms with E-state index in [0.717, 1.165) is 30.7 Å². The summed E-state index contributed by atoms with van der Waals surface area (Å²) in [6.07, 6.45) is 3.74. The lowest BCUT2D eigenvalue weighted by atomic mass is 9.92. The molecule has 0 spiro atoms. The standard InChI is InChI=1S/C12H19NO2/c1-3-10(6-8-15-2)11-5-4-7-13-12(11)9-14/h4-5,7,10,14H,3,6,8-9H2,1-2H3. The van der Waals surface area contributed by atoms with Gasteiger partial charge in [0.25, 0.3) is 0 Å². The Bertz CT molecular complexity index is 289. The van der Waals surface area contributed by atoms with Crippen LogP contribution in [0, 0.1) is 0 Å². The third-order valence-electron chi connectivity index (χ3n) is 2.68. The van der Waals surface area contributed by atoms with Gasteiger partial charge in [0.05, 0.1) is 12.3 Å². The van der Waals surface area contributed by atoms with Crippen LogP contribution in [0.4, 0.5) is 0 Å². The number of ether oxygens (including phenoxy) is 1. The van der Waals surface area contributed by atoms with Crippen molar-refractivity contribution in [2.75, 3.05) is 13.7 Å². The Balaban J connectivity index is 2.80. The van der Waals surface area contributed by atoms with E-state index in [4.69, 9.17) is 4.74 Å². The van der Waals surface area contributed by atoms with Gasteiger partial charge in [-0.3, -0.25) is 4.98 Å².